The number of fused-ring (bicyclic) bond motifs is 1. The van der Waals surface area contributed by atoms with E-state index >= 15 is 0 Å². The summed E-state index contributed by atoms with van der Waals surface area (Å²) in [6.45, 7) is 11.3. The SMILES string of the molecule is Cc1nc(SC(C)C(=O)Nc2cccc3ncccc23)n(CC(C)C)c1C. The molecule has 0 fully saturated rings. The van der Waals surface area contributed by atoms with Crippen LogP contribution in [0.15, 0.2) is 41.7 Å². The molecule has 0 aliphatic heterocycles. The lowest BCUT2D eigenvalue weighted by Crippen LogP contribution is -2.23. The molecule has 1 aromatic carbocycles. The van der Waals surface area contributed by atoms with Gasteiger partial charge in [0.2, 0.25) is 5.91 Å². The number of carbonyl (C=O) groups excluding carboxylic acids is 1. The Bertz CT molecular complexity index is 959. The lowest BCUT2D eigenvalue weighted by Gasteiger charge is -2.16. The first-order valence-electron chi connectivity index (χ1n) is 9.21. The van der Waals surface area contributed by atoms with Crippen molar-refractivity contribution in [1.82, 2.24) is 14.5 Å². The third kappa shape index (κ3) is 4.33. The van der Waals surface area contributed by atoms with Gasteiger partial charge in [-0.25, -0.2) is 4.98 Å². The minimum atomic E-state index is -0.260. The Morgan fingerprint density at radius 1 is 1.19 bits per heavy atom. The highest BCUT2D eigenvalue weighted by Crippen LogP contribution is 2.28. The van der Waals surface area contributed by atoms with E-state index in [1.165, 1.54) is 17.5 Å². The maximum Gasteiger partial charge on any atom is 0.237 e. The highest BCUT2D eigenvalue weighted by molar-refractivity contribution is 8.00. The van der Waals surface area contributed by atoms with Crippen molar-refractivity contribution >= 4 is 34.3 Å². The van der Waals surface area contributed by atoms with Crippen LogP contribution in [-0.4, -0.2) is 25.7 Å². The molecule has 142 valence electrons. The molecule has 3 aromatic rings. The minimum absolute atomic E-state index is 0.0363. The molecule has 3 rings (SSSR count). The molecule has 0 saturated heterocycles. The molecule has 0 aliphatic rings. The number of rotatable bonds is 6. The smallest absolute Gasteiger partial charge is 0.237 e. The molecule has 6 heteroatoms. The van der Waals surface area contributed by atoms with Crippen LogP contribution < -0.4 is 5.32 Å². The van der Waals surface area contributed by atoms with Crippen LogP contribution in [0, 0.1) is 19.8 Å². The average Bonchev–Trinajstić information content (AvgIpc) is 2.89. The summed E-state index contributed by atoms with van der Waals surface area (Å²) in [6.07, 6.45) is 1.76. The molecule has 1 atom stereocenters. The van der Waals surface area contributed by atoms with E-state index in [9.17, 15) is 4.79 Å². The summed E-state index contributed by atoms with van der Waals surface area (Å²) in [5.41, 5.74) is 3.84. The van der Waals surface area contributed by atoms with Crippen molar-refractivity contribution in [1.29, 1.82) is 0 Å². The van der Waals surface area contributed by atoms with Gasteiger partial charge in [-0.05, 0) is 51.0 Å². The average molecular weight is 383 g/mol. The van der Waals surface area contributed by atoms with E-state index in [1.54, 1.807) is 6.20 Å². The molecule has 2 aromatic heterocycles. The number of aromatic nitrogens is 3. The van der Waals surface area contributed by atoms with Crippen LogP contribution in [0.5, 0.6) is 0 Å². The number of pyridine rings is 1. The van der Waals surface area contributed by atoms with Crippen molar-refractivity contribution in [3.63, 3.8) is 0 Å². The monoisotopic (exact) mass is 382 g/mol. The maximum atomic E-state index is 12.8. The molecule has 0 aliphatic carbocycles. The standard InChI is InChI=1S/C21H26N4OS/c1-13(2)12-25-15(4)14(3)23-21(25)27-16(5)20(26)24-19-10-6-9-18-17(19)8-7-11-22-18/h6-11,13,16H,12H2,1-5H3,(H,24,26). The normalized spacial score (nSPS) is 12.5. The highest BCUT2D eigenvalue weighted by atomic mass is 32.2. The first-order valence-corrected chi connectivity index (χ1v) is 10.1. The first-order chi connectivity index (χ1) is 12.9. The van der Waals surface area contributed by atoms with Crippen LogP contribution in [0.4, 0.5) is 5.69 Å². The Labute approximate surface area is 164 Å². The van der Waals surface area contributed by atoms with Crippen LogP contribution in [0.1, 0.15) is 32.2 Å². The van der Waals surface area contributed by atoms with E-state index in [1.807, 2.05) is 44.2 Å². The largest absolute Gasteiger partial charge is 0.324 e. The Morgan fingerprint density at radius 2 is 1.96 bits per heavy atom. The lowest BCUT2D eigenvalue weighted by molar-refractivity contribution is -0.115. The van der Waals surface area contributed by atoms with E-state index in [0.717, 1.165) is 34.0 Å². The second kappa shape index (κ2) is 8.13. The third-order valence-corrected chi connectivity index (χ3v) is 5.62. The van der Waals surface area contributed by atoms with Gasteiger partial charge in [0, 0.05) is 23.8 Å². The number of thioether (sulfide) groups is 1. The zero-order chi connectivity index (χ0) is 19.6. The second-order valence-corrected chi connectivity index (χ2v) is 8.50. The Hall–Kier alpha value is -2.34. The third-order valence-electron chi connectivity index (χ3n) is 4.53. The number of benzene rings is 1. The number of nitrogens with zero attached hydrogens (tertiary/aromatic N) is 3. The van der Waals surface area contributed by atoms with Crippen molar-refractivity contribution in [2.45, 2.75) is 51.6 Å². The second-order valence-electron chi connectivity index (χ2n) is 7.19. The van der Waals surface area contributed by atoms with Gasteiger partial charge in [-0.15, -0.1) is 0 Å². The predicted molar refractivity (Wildman–Crippen MR) is 112 cm³/mol. The van der Waals surface area contributed by atoms with E-state index < -0.39 is 0 Å². The molecular formula is C21H26N4OS. The minimum Gasteiger partial charge on any atom is -0.324 e. The van der Waals surface area contributed by atoms with Crippen molar-refractivity contribution in [2.75, 3.05) is 5.32 Å². The number of aryl methyl sites for hydroxylation is 1. The number of imidazole rings is 1. The molecule has 0 saturated carbocycles. The summed E-state index contributed by atoms with van der Waals surface area (Å²) in [5, 5.41) is 4.64. The Morgan fingerprint density at radius 3 is 2.70 bits per heavy atom. The molecule has 1 unspecified atom stereocenters. The van der Waals surface area contributed by atoms with Crippen LogP contribution >= 0.6 is 11.8 Å². The van der Waals surface area contributed by atoms with E-state index in [4.69, 9.17) is 0 Å². The van der Waals surface area contributed by atoms with Gasteiger partial charge >= 0.3 is 0 Å². The summed E-state index contributed by atoms with van der Waals surface area (Å²) in [6, 6.07) is 9.61. The number of anilines is 1. The molecule has 1 N–H and O–H groups in total. The fourth-order valence-electron chi connectivity index (χ4n) is 2.95. The zero-order valence-corrected chi connectivity index (χ0v) is 17.3. The summed E-state index contributed by atoms with van der Waals surface area (Å²) >= 11 is 1.50. The van der Waals surface area contributed by atoms with Crippen molar-refractivity contribution in [3.8, 4) is 0 Å². The van der Waals surface area contributed by atoms with Gasteiger partial charge in [0.25, 0.3) is 0 Å². The maximum absolute atomic E-state index is 12.8. The summed E-state index contributed by atoms with van der Waals surface area (Å²) in [5.74, 6) is 0.481. The van der Waals surface area contributed by atoms with Gasteiger partial charge in [-0.1, -0.05) is 31.7 Å². The topological polar surface area (TPSA) is 59.8 Å². The van der Waals surface area contributed by atoms with Gasteiger partial charge in [-0.3, -0.25) is 9.78 Å². The number of carbonyl (C=O) groups is 1. The number of hydrogen-bond donors (Lipinski definition) is 1. The fraction of sp³-hybridized carbons (Fsp3) is 0.381. The van der Waals surface area contributed by atoms with Gasteiger partial charge in [0.05, 0.1) is 22.1 Å². The molecule has 0 radical (unpaired) electrons. The number of nitrogens with one attached hydrogen (secondary N) is 1. The molecule has 1 amide bonds. The summed E-state index contributed by atoms with van der Waals surface area (Å²) in [4.78, 5) is 21.8. The van der Waals surface area contributed by atoms with Crippen LogP contribution in [0.2, 0.25) is 0 Å². The van der Waals surface area contributed by atoms with Crippen LogP contribution in [-0.2, 0) is 11.3 Å². The zero-order valence-electron chi connectivity index (χ0n) is 16.5. The molecule has 0 spiro atoms. The quantitative estimate of drug-likeness (QED) is 0.621. The summed E-state index contributed by atoms with van der Waals surface area (Å²) in [7, 11) is 0. The van der Waals surface area contributed by atoms with Crippen LogP contribution in [0.25, 0.3) is 10.9 Å². The molecule has 5 nitrogen and oxygen atoms in total. The fourth-order valence-corrected chi connectivity index (χ4v) is 3.96. The van der Waals surface area contributed by atoms with Crippen molar-refractivity contribution in [3.05, 3.63) is 47.9 Å². The molecule has 2 heterocycles. The molecular weight excluding hydrogens is 356 g/mol. The number of hydrogen-bond acceptors (Lipinski definition) is 4. The van der Waals surface area contributed by atoms with E-state index in [0.29, 0.717) is 5.92 Å². The molecule has 0 bridgehead atoms. The van der Waals surface area contributed by atoms with Crippen molar-refractivity contribution < 1.29 is 4.79 Å². The van der Waals surface area contributed by atoms with Gasteiger partial charge in [-0.2, -0.15) is 0 Å². The van der Waals surface area contributed by atoms with E-state index in [2.05, 4.69) is 40.6 Å². The molecule has 27 heavy (non-hydrogen) atoms. The lowest BCUT2D eigenvalue weighted by atomic mass is 10.2. The Balaban J connectivity index is 1.78. The number of amides is 1. The van der Waals surface area contributed by atoms with E-state index in [-0.39, 0.29) is 11.2 Å². The van der Waals surface area contributed by atoms with Gasteiger partial charge in [0.1, 0.15) is 0 Å². The van der Waals surface area contributed by atoms with Crippen molar-refractivity contribution in [2.24, 2.45) is 5.92 Å². The first kappa shape index (κ1) is 19.4. The van der Waals surface area contributed by atoms with Gasteiger partial charge < -0.3 is 9.88 Å². The van der Waals surface area contributed by atoms with Crippen LogP contribution in [0.3, 0.4) is 0 Å². The highest BCUT2D eigenvalue weighted by Gasteiger charge is 2.20. The Kier molecular flexibility index (Phi) is 5.85. The summed E-state index contributed by atoms with van der Waals surface area (Å²) < 4.78 is 2.22. The van der Waals surface area contributed by atoms with Gasteiger partial charge in [0.15, 0.2) is 5.16 Å². The predicted octanol–water partition coefficient (Wildman–Crippen LogP) is 4.82.